The van der Waals surface area contributed by atoms with Gasteiger partial charge in [0.15, 0.2) is 0 Å². The van der Waals surface area contributed by atoms with Gasteiger partial charge in [-0.3, -0.25) is 4.79 Å². The predicted molar refractivity (Wildman–Crippen MR) is 108 cm³/mol. The van der Waals surface area contributed by atoms with Gasteiger partial charge in [-0.2, -0.15) is 4.72 Å². The van der Waals surface area contributed by atoms with Crippen LogP contribution in [-0.4, -0.2) is 14.3 Å². The molecule has 0 radical (unpaired) electrons. The summed E-state index contributed by atoms with van der Waals surface area (Å²) in [5, 5.41) is 4.54. The largest absolute Gasteiger partial charge is 0.324 e. The smallest absolute Gasteiger partial charge is 0.251 e. The normalized spacial score (nSPS) is 12.5. The summed E-state index contributed by atoms with van der Waals surface area (Å²) in [6.45, 7) is 3.87. The molecule has 27 heavy (non-hydrogen) atoms. The van der Waals surface area contributed by atoms with E-state index in [1.165, 1.54) is 6.07 Å². The summed E-state index contributed by atoms with van der Waals surface area (Å²) < 4.78 is 28.1. The number of hydrogen-bond donors (Lipinski definition) is 2. The van der Waals surface area contributed by atoms with Crippen molar-refractivity contribution in [2.45, 2.75) is 24.1 Å². The van der Waals surface area contributed by atoms with E-state index in [0.717, 1.165) is 22.5 Å². The van der Waals surface area contributed by atoms with Gasteiger partial charge in [0, 0.05) is 5.69 Å². The Bertz CT molecular complexity index is 1030. The minimum absolute atomic E-state index is 0.169. The van der Waals surface area contributed by atoms with Crippen molar-refractivity contribution in [2.75, 3.05) is 5.32 Å². The molecule has 0 bridgehead atoms. The van der Waals surface area contributed by atoms with Crippen LogP contribution in [0, 0.1) is 13.8 Å². The van der Waals surface area contributed by atoms with Crippen molar-refractivity contribution < 1.29 is 13.2 Å². The van der Waals surface area contributed by atoms with Crippen molar-refractivity contribution in [3.8, 4) is 0 Å². The Balaban J connectivity index is 1.93. The minimum Gasteiger partial charge on any atom is -0.324 e. The highest BCUT2D eigenvalue weighted by atomic mass is 32.2. The maximum Gasteiger partial charge on any atom is 0.251 e. The van der Waals surface area contributed by atoms with Crippen LogP contribution in [0.1, 0.15) is 22.7 Å². The highest BCUT2D eigenvalue weighted by molar-refractivity contribution is 7.91. The monoisotopic (exact) mass is 400 g/mol. The summed E-state index contributed by atoms with van der Waals surface area (Å²) in [6, 6.07) is 16.6. The molecule has 5 nitrogen and oxygen atoms in total. The van der Waals surface area contributed by atoms with Gasteiger partial charge in [-0.25, -0.2) is 8.42 Å². The van der Waals surface area contributed by atoms with Gasteiger partial charge in [-0.1, -0.05) is 48.5 Å². The van der Waals surface area contributed by atoms with Gasteiger partial charge >= 0.3 is 0 Å². The number of aryl methyl sites for hydroxylation is 1. The fourth-order valence-electron chi connectivity index (χ4n) is 2.64. The van der Waals surface area contributed by atoms with E-state index in [4.69, 9.17) is 0 Å². The van der Waals surface area contributed by atoms with E-state index in [2.05, 4.69) is 10.0 Å². The first-order valence-electron chi connectivity index (χ1n) is 8.36. The van der Waals surface area contributed by atoms with Crippen LogP contribution in [-0.2, 0) is 14.8 Å². The molecule has 2 aromatic carbocycles. The molecule has 0 aliphatic carbocycles. The molecule has 0 fully saturated rings. The van der Waals surface area contributed by atoms with Crippen LogP contribution in [0.3, 0.4) is 0 Å². The lowest BCUT2D eigenvalue weighted by molar-refractivity contribution is -0.117. The van der Waals surface area contributed by atoms with E-state index in [1.807, 2.05) is 32.0 Å². The zero-order valence-corrected chi connectivity index (χ0v) is 16.6. The summed E-state index contributed by atoms with van der Waals surface area (Å²) in [6.07, 6.45) is 0. The van der Waals surface area contributed by atoms with Crippen LogP contribution in [0.25, 0.3) is 0 Å². The molecule has 1 amide bonds. The van der Waals surface area contributed by atoms with Crippen molar-refractivity contribution in [3.05, 3.63) is 82.7 Å². The molecule has 0 unspecified atom stereocenters. The van der Waals surface area contributed by atoms with Gasteiger partial charge in [0.05, 0.1) is 0 Å². The van der Waals surface area contributed by atoms with Crippen molar-refractivity contribution in [3.63, 3.8) is 0 Å². The highest BCUT2D eigenvalue weighted by Gasteiger charge is 2.28. The fraction of sp³-hybridized carbons (Fsp3) is 0.150. The van der Waals surface area contributed by atoms with Crippen LogP contribution < -0.4 is 10.0 Å². The van der Waals surface area contributed by atoms with E-state index in [0.29, 0.717) is 11.3 Å². The molecule has 0 saturated carbocycles. The molecule has 7 heteroatoms. The molecule has 2 N–H and O–H groups in total. The first-order valence-corrected chi connectivity index (χ1v) is 10.7. The van der Waals surface area contributed by atoms with Crippen LogP contribution in [0.15, 0.2) is 70.3 Å². The fourth-order valence-corrected chi connectivity index (χ4v) is 4.83. The average molecular weight is 401 g/mol. The molecular formula is C20H20N2O3S2. The van der Waals surface area contributed by atoms with Gasteiger partial charge in [0.25, 0.3) is 10.0 Å². The molecule has 3 aromatic rings. The Morgan fingerprint density at radius 1 is 0.963 bits per heavy atom. The lowest BCUT2D eigenvalue weighted by Gasteiger charge is -2.19. The molecular weight excluding hydrogens is 380 g/mol. The number of anilines is 1. The number of benzene rings is 2. The van der Waals surface area contributed by atoms with Crippen molar-refractivity contribution in [1.29, 1.82) is 0 Å². The molecule has 0 spiro atoms. The molecule has 1 aromatic heterocycles. The van der Waals surface area contributed by atoms with Crippen LogP contribution >= 0.6 is 11.3 Å². The van der Waals surface area contributed by atoms with Gasteiger partial charge in [-0.15, -0.1) is 11.3 Å². The van der Waals surface area contributed by atoms with E-state index in [1.54, 1.807) is 41.8 Å². The van der Waals surface area contributed by atoms with Crippen molar-refractivity contribution in [2.24, 2.45) is 0 Å². The third kappa shape index (κ3) is 4.44. The Morgan fingerprint density at radius 2 is 1.70 bits per heavy atom. The number of sulfonamides is 1. The molecule has 0 aliphatic heterocycles. The van der Waals surface area contributed by atoms with Crippen LogP contribution in [0.4, 0.5) is 5.69 Å². The minimum atomic E-state index is -3.81. The van der Waals surface area contributed by atoms with E-state index in [9.17, 15) is 13.2 Å². The Morgan fingerprint density at radius 3 is 2.37 bits per heavy atom. The highest BCUT2D eigenvalue weighted by Crippen LogP contribution is 2.24. The maximum atomic E-state index is 13.0. The number of carbonyl (C=O) groups is 1. The van der Waals surface area contributed by atoms with Gasteiger partial charge in [0.1, 0.15) is 10.3 Å². The topological polar surface area (TPSA) is 75.3 Å². The SMILES string of the molecule is Cc1cccc(NC(=O)[C@H](NS(=O)(=O)c2cccs2)c2ccccc2)c1C. The molecule has 1 heterocycles. The second-order valence-corrected chi connectivity index (χ2v) is 9.02. The zero-order valence-electron chi connectivity index (χ0n) is 15.0. The number of amides is 1. The van der Waals surface area contributed by atoms with E-state index < -0.39 is 22.0 Å². The summed E-state index contributed by atoms with van der Waals surface area (Å²) >= 11 is 1.10. The third-order valence-corrected chi connectivity index (χ3v) is 7.11. The predicted octanol–water partition coefficient (Wildman–Crippen LogP) is 4.02. The first-order chi connectivity index (χ1) is 12.9. The zero-order chi connectivity index (χ0) is 19.4. The Labute approximate surface area is 163 Å². The second kappa shape index (κ2) is 8.04. The van der Waals surface area contributed by atoms with Crippen molar-refractivity contribution >= 4 is 33.0 Å². The summed E-state index contributed by atoms with van der Waals surface area (Å²) in [5.74, 6) is -0.435. The first kappa shape index (κ1) is 19.3. The molecule has 140 valence electrons. The number of rotatable bonds is 6. The molecule has 0 saturated heterocycles. The third-order valence-electron chi connectivity index (χ3n) is 4.29. The average Bonchev–Trinajstić information content (AvgIpc) is 3.20. The second-order valence-electron chi connectivity index (χ2n) is 6.13. The maximum absolute atomic E-state index is 13.0. The van der Waals surface area contributed by atoms with E-state index in [-0.39, 0.29) is 4.21 Å². The van der Waals surface area contributed by atoms with Crippen molar-refractivity contribution in [1.82, 2.24) is 4.72 Å². The van der Waals surface area contributed by atoms with Crippen LogP contribution in [0.2, 0.25) is 0 Å². The summed E-state index contributed by atoms with van der Waals surface area (Å²) in [4.78, 5) is 13.0. The lowest BCUT2D eigenvalue weighted by Crippen LogP contribution is -2.36. The standard InChI is InChI=1S/C20H20N2O3S2/c1-14-8-6-11-17(15(14)2)21-20(23)19(16-9-4-3-5-10-16)22-27(24,25)18-12-7-13-26-18/h3-13,19,22H,1-2H3,(H,21,23)/t19-/m1/s1. The summed E-state index contributed by atoms with van der Waals surface area (Å²) in [7, 11) is -3.81. The summed E-state index contributed by atoms with van der Waals surface area (Å²) in [5.41, 5.74) is 3.22. The molecule has 3 rings (SSSR count). The van der Waals surface area contributed by atoms with Gasteiger partial charge in [0.2, 0.25) is 5.91 Å². The molecule has 1 atom stereocenters. The van der Waals surface area contributed by atoms with Crippen LogP contribution in [0.5, 0.6) is 0 Å². The Hall–Kier alpha value is -2.48. The van der Waals surface area contributed by atoms with Gasteiger partial charge < -0.3 is 5.32 Å². The Kier molecular flexibility index (Phi) is 5.74. The quantitative estimate of drug-likeness (QED) is 0.656. The number of hydrogen-bond acceptors (Lipinski definition) is 4. The lowest BCUT2D eigenvalue weighted by atomic mass is 10.1. The molecule has 0 aliphatic rings. The number of carbonyl (C=O) groups excluding carboxylic acids is 1. The van der Waals surface area contributed by atoms with E-state index >= 15 is 0 Å². The number of thiophene rings is 1. The van der Waals surface area contributed by atoms with Gasteiger partial charge in [-0.05, 0) is 48.1 Å². The number of nitrogens with one attached hydrogen (secondary N) is 2.